The molecule has 0 bridgehead atoms. The second kappa shape index (κ2) is 8.38. The van der Waals surface area contributed by atoms with Gasteiger partial charge in [-0.2, -0.15) is 0 Å². The summed E-state index contributed by atoms with van der Waals surface area (Å²) in [6, 6.07) is 11.4. The topological polar surface area (TPSA) is 69.3 Å². The molecule has 0 spiro atoms. The number of nitrogens with one attached hydrogen (secondary N) is 1. The summed E-state index contributed by atoms with van der Waals surface area (Å²) < 4.78 is 13.8. The molecule has 1 aromatic carbocycles. The largest absolute Gasteiger partial charge is 0.489 e. The number of ether oxygens (including phenoxy) is 1. The number of carbonyl (C=O) groups excluding carboxylic acids is 1. The summed E-state index contributed by atoms with van der Waals surface area (Å²) in [7, 11) is 0. The Labute approximate surface area is 152 Å². The molecule has 2 heterocycles. The molecule has 1 unspecified atom stereocenters. The third-order valence-electron chi connectivity index (χ3n) is 3.96. The van der Waals surface area contributed by atoms with Gasteiger partial charge in [0.05, 0.1) is 12.9 Å². The van der Waals surface area contributed by atoms with E-state index in [1.54, 1.807) is 12.5 Å². The zero-order valence-corrected chi connectivity index (χ0v) is 15.0. The van der Waals surface area contributed by atoms with Gasteiger partial charge >= 0.3 is 0 Å². The summed E-state index contributed by atoms with van der Waals surface area (Å²) in [6.07, 6.45) is 7.06. The predicted octanol–water partition coefficient (Wildman–Crippen LogP) is 3.82. The molecule has 1 atom stereocenters. The average molecular weight is 353 g/mol. The molecule has 3 aromatic rings. The van der Waals surface area contributed by atoms with Crippen LogP contribution in [0.2, 0.25) is 0 Å². The molecular formula is C20H23N3O3. The van der Waals surface area contributed by atoms with Crippen molar-refractivity contribution in [2.75, 3.05) is 5.32 Å². The monoisotopic (exact) mass is 353 g/mol. The summed E-state index contributed by atoms with van der Waals surface area (Å²) in [5.41, 5.74) is 0.752. The van der Waals surface area contributed by atoms with Gasteiger partial charge in [-0.3, -0.25) is 4.79 Å². The highest BCUT2D eigenvalue weighted by Gasteiger charge is 2.13. The third-order valence-corrected chi connectivity index (χ3v) is 3.96. The molecule has 0 saturated heterocycles. The van der Waals surface area contributed by atoms with Crippen molar-refractivity contribution < 1.29 is 13.9 Å². The number of aromatic nitrogens is 2. The van der Waals surface area contributed by atoms with Gasteiger partial charge in [-0.25, -0.2) is 4.98 Å². The van der Waals surface area contributed by atoms with E-state index in [9.17, 15) is 4.79 Å². The Morgan fingerprint density at radius 1 is 1.27 bits per heavy atom. The molecule has 26 heavy (non-hydrogen) atoms. The second-order valence-electron chi connectivity index (χ2n) is 6.26. The lowest BCUT2D eigenvalue weighted by atomic mass is 10.1. The molecule has 3 rings (SSSR count). The van der Waals surface area contributed by atoms with Crippen LogP contribution >= 0.6 is 0 Å². The number of rotatable bonds is 8. The van der Waals surface area contributed by atoms with Gasteiger partial charge in [-0.1, -0.05) is 0 Å². The molecule has 2 aromatic heterocycles. The minimum atomic E-state index is -0.0922. The van der Waals surface area contributed by atoms with Gasteiger partial charge in [0.15, 0.2) is 0 Å². The van der Waals surface area contributed by atoms with Gasteiger partial charge in [0.2, 0.25) is 5.91 Å². The highest BCUT2D eigenvalue weighted by Crippen LogP contribution is 2.20. The normalized spacial score (nSPS) is 11.9. The smallest absolute Gasteiger partial charge is 0.221 e. The van der Waals surface area contributed by atoms with Crippen molar-refractivity contribution >= 4 is 11.6 Å². The van der Waals surface area contributed by atoms with Crippen LogP contribution in [0.1, 0.15) is 24.9 Å². The molecule has 136 valence electrons. The number of anilines is 1. The lowest BCUT2D eigenvalue weighted by Crippen LogP contribution is -2.23. The summed E-state index contributed by atoms with van der Waals surface area (Å²) in [5.74, 6) is 2.55. The Morgan fingerprint density at radius 3 is 2.69 bits per heavy atom. The standard InChI is InChI=1S/C20H23N3O3/c1-15-3-6-18(25-15)9-10-20(13-23-12-11-21-14-23)26-19-7-4-17(5-8-19)22-16(2)24/h3-8,11-12,14,20H,9-10,13H2,1-2H3,(H,22,24). The predicted molar refractivity (Wildman–Crippen MR) is 99.2 cm³/mol. The molecule has 0 aliphatic rings. The maximum Gasteiger partial charge on any atom is 0.221 e. The number of nitrogens with zero attached hydrogens (tertiary/aromatic N) is 2. The van der Waals surface area contributed by atoms with Crippen LogP contribution in [-0.2, 0) is 17.8 Å². The van der Waals surface area contributed by atoms with E-state index < -0.39 is 0 Å². The first-order chi connectivity index (χ1) is 12.6. The van der Waals surface area contributed by atoms with Crippen molar-refractivity contribution in [2.45, 2.75) is 39.3 Å². The van der Waals surface area contributed by atoms with Crippen molar-refractivity contribution in [3.05, 3.63) is 66.6 Å². The minimum Gasteiger partial charge on any atom is -0.489 e. The minimum absolute atomic E-state index is 0.0266. The molecule has 0 saturated carbocycles. The molecule has 1 N–H and O–H groups in total. The van der Waals surface area contributed by atoms with Gasteiger partial charge in [-0.05, 0) is 49.7 Å². The Bertz CT molecular complexity index is 822. The first kappa shape index (κ1) is 17.8. The summed E-state index contributed by atoms with van der Waals surface area (Å²) >= 11 is 0. The molecule has 1 amide bonds. The number of furan rings is 1. The van der Waals surface area contributed by atoms with E-state index in [2.05, 4.69) is 10.3 Å². The van der Waals surface area contributed by atoms with Gasteiger partial charge < -0.3 is 19.0 Å². The fraction of sp³-hybridized carbons (Fsp3) is 0.300. The molecule has 0 fully saturated rings. The quantitative estimate of drug-likeness (QED) is 0.668. The average Bonchev–Trinajstić information content (AvgIpc) is 3.25. The Hall–Kier alpha value is -3.02. The number of amides is 1. The maximum atomic E-state index is 11.1. The van der Waals surface area contributed by atoms with E-state index in [1.807, 2.05) is 54.1 Å². The number of hydrogen-bond donors (Lipinski definition) is 1. The van der Waals surface area contributed by atoms with E-state index in [0.29, 0.717) is 6.54 Å². The van der Waals surface area contributed by atoms with Crippen molar-refractivity contribution in [3.63, 3.8) is 0 Å². The van der Waals surface area contributed by atoms with Crippen molar-refractivity contribution in [2.24, 2.45) is 0 Å². The van der Waals surface area contributed by atoms with E-state index in [0.717, 1.165) is 35.8 Å². The number of aryl methyl sites for hydroxylation is 2. The van der Waals surface area contributed by atoms with E-state index >= 15 is 0 Å². The lowest BCUT2D eigenvalue weighted by molar-refractivity contribution is -0.114. The van der Waals surface area contributed by atoms with Crippen LogP contribution in [0, 0.1) is 6.92 Å². The first-order valence-electron chi connectivity index (χ1n) is 8.64. The second-order valence-corrected chi connectivity index (χ2v) is 6.26. The number of carbonyl (C=O) groups is 1. The van der Waals surface area contributed by atoms with Gasteiger partial charge in [0.25, 0.3) is 0 Å². The molecular weight excluding hydrogens is 330 g/mol. The van der Waals surface area contributed by atoms with Crippen LogP contribution in [0.5, 0.6) is 5.75 Å². The molecule has 0 aliphatic carbocycles. The van der Waals surface area contributed by atoms with Crippen LogP contribution in [0.25, 0.3) is 0 Å². The Balaban J connectivity index is 1.65. The lowest BCUT2D eigenvalue weighted by Gasteiger charge is -2.19. The zero-order valence-electron chi connectivity index (χ0n) is 15.0. The fourth-order valence-electron chi connectivity index (χ4n) is 2.75. The maximum absolute atomic E-state index is 11.1. The summed E-state index contributed by atoms with van der Waals surface area (Å²) in [5, 5.41) is 2.75. The van der Waals surface area contributed by atoms with Crippen LogP contribution in [0.15, 0.2) is 59.5 Å². The van der Waals surface area contributed by atoms with Crippen LogP contribution < -0.4 is 10.1 Å². The van der Waals surface area contributed by atoms with Crippen molar-refractivity contribution in [3.8, 4) is 5.75 Å². The SMILES string of the molecule is CC(=O)Nc1ccc(OC(CCc2ccc(C)o2)Cn2ccnc2)cc1. The van der Waals surface area contributed by atoms with E-state index in [4.69, 9.17) is 9.15 Å². The first-order valence-corrected chi connectivity index (χ1v) is 8.64. The van der Waals surface area contributed by atoms with Gasteiger partial charge in [-0.15, -0.1) is 0 Å². The zero-order chi connectivity index (χ0) is 18.4. The van der Waals surface area contributed by atoms with Crippen LogP contribution in [0.3, 0.4) is 0 Å². The van der Waals surface area contributed by atoms with Crippen molar-refractivity contribution in [1.29, 1.82) is 0 Å². The van der Waals surface area contributed by atoms with Crippen LogP contribution in [-0.4, -0.2) is 21.6 Å². The number of benzene rings is 1. The fourth-order valence-corrected chi connectivity index (χ4v) is 2.75. The Morgan fingerprint density at radius 2 is 2.08 bits per heavy atom. The van der Waals surface area contributed by atoms with Gasteiger partial charge in [0, 0.05) is 31.4 Å². The van der Waals surface area contributed by atoms with Gasteiger partial charge in [0.1, 0.15) is 23.4 Å². The summed E-state index contributed by atoms with van der Waals surface area (Å²) in [6.45, 7) is 4.13. The number of imidazole rings is 1. The molecule has 6 heteroatoms. The summed E-state index contributed by atoms with van der Waals surface area (Å²) in [4.78, 5) is 15.2. The Kier molecular flexibility index (Phi) is 5.73. The molecule has 0 aliphatic heterocycles. The number of hydrogen-bond acceptors (Lipinski definition) is 4. The van der Waals surface area contributed by atoms with Crippen molar-refractivity contribution in [1.82, 2.24) is 9.55 Å². The molecule has 6 nitrogen and oxygen atoms in total. The highest BCUT2D eigenvalue weighted by molar-refractivity contribution is 5.88. The third kappa shape index (κ3) is 5.24. The molecule has 0 radical (unpaired) electrons. The highest BCUT2D eigenvalue weighted by atomic mass is 16.5. The van der Waals surface area contributed by atoms with E-state index in [1.165, 1.54) is 6.92 Å². The van der Waals surface area contributed by atoms with E-state index in [-0.39, 0.29) is 12.0 Å². The van der Waals surface area contributed by atoms with Crippen LogP contribution in [0.4, 0.5) is 5.69 Å².